The maximum Gasteiger partial charge on any atom is 0.358 e. The number of ether oxygens (including phenoxy) is 1. The summed E-state index contributed by atoms with van der Waals surface area (Å²) < 4.78 is 9.71. The van der Waals surface area contributed by atoms with Gasteiger partial charge in [-0.2, -0.15) is 0 Å². The second kappa shape index (κ2) is 6.10. The topological polar surface area (TPSA) is 93.5 Å². The average Bonchev–Trinajstić information content (AvgIpc) is 2.54. The predicted octanol–water partition coefficient (Wildman–Crippen LogP) is 1.59. The Kier molecular flexibility index (Phi) is 4.01. The fourth-order valence-electron chi connectivity index (χ4n) is 2.08. The Morgan fingerprint density at radius 2 is 2.18 bits per heavy atom. The number of carboxylic acid groups (broad SMARTS) is 1. The molecule has 114 valence electrons. The Morgan fingerprint density at radius 3 is 2.91 bits per heavy atom. The fraction of sp³-hybridized carbons (Fsp3) is 0.214. The van der Waals surface area contributed by atoms with E-state index in [0.717, 1.165) is 5.56 Å². The SMILES string of the molecule is O=C(O)c1nc2n(c(=O)c1OCc1ccccc1)CCSN2. The van der Waals surface area contributed by atoms with Gasteiger partial charge < -0.3 is 9.84 Å². The van der Waals surface area contributed by atoms with Crippen molar-refractivity contribution in [1.29, 1.82) is 0 Å². The van der Waals surface area contributed by atoms with Gasteiger partial charge in [-0.25, -0.2) is 9.78 Å². The summed E-state index contributed by atoms with van der Waals surface area (Å²) in [4.78, 5) is 27.8. The summed E-state index contributed by atoms with van der Waals surface area (Å²) in [6.45, 7) is 0.569. The highest BCUT2D eigenvalue weighted by atomic mass is 32.2. The molecule has 2 N–H and O–H groups in total. The second-order valence-corrected chi connectivity index (χ2v) is 5.50. The summed E-state index contributed by atoms with van der Waals surface area (Å²) >= 11 is 1.38. The number of anilines is 1. The summed E-state index contributed by atoms with van der Waals surface area (Å²) in [5, 5.41) is 9.26. The smallest absolute Gasteiger partial charge is 0.358 e. The average molecular weight is 319 g/mol. The van der Waals surface area contributed by atoms with Crippen LogP contribution in [0.1, 0.15) is 16.1 Å². The third-order valence-electron chi connectivity index (χ3n) is 3.14. The quantitative estimate of drug-likeness (QED) is 0.827. The normalized spacial score (nSPS) is 13.1. The van der Waals surface area contributed by atoms with E-state index < -0.39 is 11.5 Å². The highest BCUT2D eigenvalue weighted by Crippen LogP contribution is 2.21. The molecule has 2 heterocycles. The number of carbonyl (C=O) groups is 1. The van der Waals surface area contributed by atoms with Crippen LogP contribution >= 0.6 is 11.9 Å². The third kappa shape index (κ3) is 2.77. The molecular formula is C14H13N3O4S. The number of carboxylic acids is 1. The lowest BCUT2D eigenvalue weighted by Crippen LogP contribution is -2.31. The van der Waals surface area contributed by atoms with Gasteiger partial charge in [-0.15, -0.1) is 0 Å². The summed E-state index contributed by atoms with van der Waals surface area (Å²) in [7, 11) is 0. The molecule has 0 aliphatic carbocycles. The van der Waals surface area contributed by atoms with Crippen molar-refractivity contribution in [1.82, 2.24) is 9.55 Å². The molecule has 22 heavy (non-hydrogen) atoms. The van der Waals surface area contributed by atoms with E-state index in [9.17, 15) is 14.7 Å². The first-order chi connectivity index (χ1) is 10.7. The summed E-state index contributed by atoms with van der Waals surface area (Å²) in [6, 6.07) is 9.22. The number of aromatic nitrogens is 2. The number of aromatic carboxylic acids is 1. The van der Waals surface area contributed by atoms with Crippen LogP contribution < -0.4 is 15.0 Å². The molecule has 1 aliphatic rings. The summed E-state index contributed by atoms with van der Waals surface area (Å²) in [5.74, 6) is -0.584. The molecule has 0 fully saturated rings. The Hall–Kier alpha value is -2.48. The second-order valence-electron chi connectivity index (χ2n) is 4.60. The van der Waals surface area contributed by atoms with Crippen molar-refractivity contribution in [2.24, 2.45) is 0 Å². The Balaban J connectivity index is 1.98. The number of hydrogen-bond donors (Lipinski definition) is 2. The molecule has 1 aromatic heterocycles. The molecule has 0 radical (unpaired) electrons. The maximum absolute atomic E-state index is 12.4. The van der Waals surface area contributed by atoms with Crippen molar-refractivity contribution < 1.29 is 14.6 Å². The fourth-order valence-corrected chi connectivity index (χ4v) is 2.74. The lowest BCUT2D eigenvalue weighted by molar-refractivity contribution is 0.0684. The van der Waals surface area contributed by atoms with Crippen molar-refractivity contribution in [3.63, 3.8) is 0 Å². The lowest BCUT2D eigenvalue weighted by atomic mass is 10.2. The first-order valence-electron chi connectivity index (χ1n) is 6.59. The van der Waals surface area contributed by atoms with Crippen LogP contribution in [0.4, 0.5) is 5.95 Å². The predicted molar refractivity (Wildman–Crippen MR) is 82.3 cm³/mol. The number of fused-ring (bicyclic) bond motifs is 1. The van der Waals surface area contributed by atoms with Crippen molar-refractivity contribution >= 4 is 23.9 Å². The van der Waals surface area contributed by atoms with Crippen molar-refractivity contribution in [2.75, 3.05) is 10.5 Å². The molecule has 1 aliphatic heterocycles. The third-order valence-corrected chi connectivity index (χ3v) is 3.85. The largest absolute Gasteiger partial charge is 0.481 e. The van der Waals surface area contributed by atoms with Gasteiger partial charge in [-0.1, -0.05) is 30.3 Å². The summed E-state index contributed by atoms with van der Waals surface area (Å²) in [5.41, 5.74) is -0.0112. The molecule has 0 saturated heterocycles. The van der Waals surface area contributed by atoms with Gasteiger partial charge >= 0.3 is 5.97 Å². The number of nitrogens with one attached hydrogen (secondary N) is 1. The molecule has 3 rings (SSSR count). The van der Waals surface area contributed by atoms with Crippen LogP contribution in [-0.4, -0.2) is 26.4 Å². The number of benzene rings is 1. The molecule has 0 unspecified atom stereocenters. The Morgan fingerprint density at radius 1 is 1.41 bits per heavy atom. The van der Waals surface area contributed by atoms with E-state index in [2.05, 4.69) is 9.71 Å². The van der Waals surface area contributed by atoms with Crippen LogP contribution in [0.3, 0.4) is 0 Å². The van der Waals surface area contributed by atoms with Gasteiger partial charge in [-0.3, -0.25) is 14.1 Å². The van der Waals surface area contributed by atoms with Gasteiger partial charge in [0.2, 0.25) is 11.7 Å². The lowest BCUT2D eigenvalue weighted by Gasteiger charge is -2.19. The zero-order valence-corrected chi connectivity index (χ0v) is 12.3. The molecule has 7 nitrogen and oxygen atoms in total. The van der Waals surface area contributed by atoms with Crippen molar-refractivity contribution in [2.45, 2.75) is 13.2 Å². The molecule has 0 atom stereocenters. The van der Waals surface area contributed by atoms with Gasteiger partial charge in [0.15, 0.2) is 5.69 Å². The Bertz CT molecular complexity index is 761. The van der Waals surface area contributed by atoms with Crippen LogP contribution in [0.2, 0.25) is 0 Å². The van der Waals surface area contributed by atoms with Gasteiger partial charge in [0.25, 0.3) is 5.56 Å². The number of hydrogen-bond acceptors (Lipinski definition) is 6. The van der Waals surface area contributed by atoms with E-state index in [1.807, 2.05) is 30.3 Å². The zero-order valence-electron chi connectivity index (χ0n) is 11.5. The minimum atomic E-state index is -1.29. The van der Waals surface area contributed by atoms with E-state index in [-0.39, 0.29) is 24.0 Å². The molecule has 8 heteroatoms. The van der Waals surface area contributed by atoms with Crippen LogP contribution in [0.25, 0.3) is 0 Å². The van der Waals surface area contributed by atoms with E-state index in [1.165, 1.54) is 16.5 Å². The molecular weight excluding hydrogens is 306 g/mol. The molecule has 2 aromatic rings. The van der Waals surface area contributed by atoms with Gasteiger partial charge in [0.1, 0.15) is 6.61 Å². The molecule has 0 amide bonds. The van der Waals surface area contributed by atoms with Gasteiger partial charge in [-0.05, 0) is 17.5 Å². The van der Waals surface area contributed by atoms with Crippen LogP contribution in [-0.2, 0) is 13.2 Å². The first-order valence-corrected chi connectivity index (χ1v) is 7.58. The number of rotatable bonds is 4. The molecule has 0 saturated carbocycles. The minimum Gasteiger partial charge on any atom is -0.481 e. The standard InChI is InChI=1S/C14H13N3O4S/c18-12-11(21-8-9-4-2-1-3-5-9)10(13(19)20)15-14-16-22-7-6-17(12)14/h1-5H,6-8H2,(H,15,16)(H,19,20). The van der Waals surface area contributed by atoms with E-state index >= 15 is 0 Å². The van der Waals surface area contributed by atoms with Crippen molar-refractivity contribution in [3.05, 3.63) is 51.9 Å². The van der Waals surface area contributed by atoms with Gasteiger partial charge in [0.05, 0.1) is 0 Å². The minimum absolute atomic E-state index is 0.111. The van der Waals surface area contributed by atoms with E-state index in [4.69, 9.17) is 4.74 Å². The Labute approximate surface area is 130 Å². The zero-order chi connectivity index (χ0) is 15.5. The number of nitrogens with zero attached hydrogens (tertiary/aromatic N) is 2. The molecule has 0 spiro atoms. The first kappa shape index (κ1) is 14.5. The van der Waals surface area contributed by atoms with Crippen LogP contribution in [0.5, 0.6) is 5.75 Å². The highest BCUT2D eigenvalue weighted by molar-refractivity contribution is 8.00. The van der Waals surface area contributed by atoms with Crippen molar-refractivity contribution in [3.8, 4) is 5.75 Å². The van der Waals surface area contributed by atoms with E-state index in [1.54, 1.807) is 0 Å². The van der Waals surface area contributed by atoms with Gasteiger partial charge in [0, 0.05) is 12.3 Å². The maximum atomic E-state index is 12.4. The monoisotopic (exact) mass is 319 g/mol. The van der Waals surface area contributed by atoms with Crippen LogP contribution in [0, 0.1) is 0 Å². The molecule has 1 aromatic carbocycles. The molecule has 0 bridgehead atoms. The highest BCUT2D eigenvalue weighted by Gasteiger charge is 2.24. The van der Waals surface area contributed by atoms with Crippen LogP contribution in [0.15, 0.2) is 35.1 Å². The summed E-state index contributed by atoms with van der Waals surface area (Å²) in [6.07, 6.45) is 0. The van der Waals surface area contributed by atoms with E-state index in [0.29, 0.717) is 12.3 Å².